The number of hydrazine groups is 1. The third-order valence-corrected chi connectivity index (χ3v) is 3.91. The van der Waals surface area contributed by atoms with E-state index in [9.17, 15) is 14.0 Å². The van der Waals surface area contributed by atoms with Crippen LogP contribution in [0.5, 0.6) is 5.75 Å². The normalized spacial score (nSPS) is 10.3. The number of benzene rings is 2. The maximum Gasteiger partial charge on any atom is 0.269 e. The second kappa shape index (κ2) is 10.4. The van der Waals surface area contributed by atoms with Crippen molar-refractivity contribution in [1.29, 1.82) is 0 Å². The number of hydrogen-bond donors (Lipinski definition) is 3. The van der Waals surface area contributed by atoms with Crippen molar-refractivity contribution in [3.8, 4) is 5.75 Å². The molecule has 0 atom stereocenters. The van der Waals surface area contributed by atoms with Crippen LogP contribution in [0.15, 0.2) is 48.5 Å². The molecule has 0 fully saturated rings. The third kappa shape index (κ3) is 6.96. The standard InChI is InChI=1S/C20H22FN3O3S/c1-13(2)11-12-27-17-9-5-15(6-10-17)19(26)23-24-20(28)22-18(25)14-3-7-16(21)8-4-14/h3-10,13H,11-12H2,1-2H3,(H,23,26)(H2,22,24,25,28). The minimum Gasteiger partial charge on any atom is -0.494 e. The Kier molecular flexibility index (Phi) is 7.88. The van der Waals surface area contributed by atoms with Gasteiger partial charge in [-0.1, -0.05) is 13.8 Å². The van der Waals surface area contributed by atoms with Gasteiger partial charge in [-0.3, -0.25) is 25.8 Å². The van der Waals surface area contributed by atoms with Crippen molar-refractivity contribution in [3.05, 3.63) is 65.5 Å². The van der Waals surface area contributed by atoms with E-state index >= 15 is 0 Å². The number of halogens is 1. The van der Waals surface area contributed by atoms with E-state index in [-0.39, 0.29) is 10.7 Å². The smallest absolute Gasteiger partial charge is 0.269 e. The summed E-state index contributed by atoms with van der Waals surface area (Å²) >= 11 is 4.96. The number of amides is 2. The van der Waals surface area contributed by atoms with Crippen LogP contribution in [-0.4, -0.2) is 23.5 Å². The molecule has 0 spiro atoms. The molecule has 8 heteroatoms. The van der Waals surface area contributed by atoms with E-state index in [1.165, 1.54) is 24.3 Å². The fraction of sp³-hybridized carbons (Fsp3) is 0.250. The fourth-order valence-electron chi connectivity index (χ4n) is 2.11. The van der Waals surface area contributed by atoms with E-state index in [2.05, 4.69) is 30.0 Å². The molecule has 0 aliphatic heterocycles. The van der Waals surface area contributed by atoms with E-state index in [1.807, 2.05) is 0 Å². The molecule has 28 heavy (non-hydrogen) atoms. The second-order valence-corrected chi connectivity index (χ2v) is 6.83. The topological polar surface area (TPSA) is 79.5 Å². The molecule has 0 aliphatic carbocycles. The van der Waals surface area contributed by atoms with Crippen molar-refractivity contribution in [2.45, 2.75) is 20.3 Å². The molecule has 0 unspecified atom stereocenters. The molecule has 6 nitrogen and oxygen atoms in total. The highest BCUT2D eigenvalue weighted by atomic mass is 32.1. The number of rotatable bonds is 6. The van der Waals surface area contributed by atoms with Crippen LogP contribution in [0.1, 0.15) is 41.0 Å². The third-order valence-electron chi connectivity index (χ3n) is 3.70. The number of hydrogen-bond acceptors (Lipinski definition) is 4. The van der Waals surface area contributed by atoms with Crippen molar-refractivity contribution >= 4 is 29.1 Å². The SMILES string of the molecule is CC(C)CCOc1ccc(C(=O)NNC(=S)NC(=O)c2ccc(F)cc2)cc1. The summed E-state index contributed by atoms with van der Waals surface area (Å²) < 4.78 is 18.5. The van der Waals surface area contributed by atoms with E-state index in [0.717, 1.165) is 6.42 Å². The lowest BCUT2D eigenvalue weighted by atomic mass is 10.1. The summed E-state index contributed by atoms with van der Waals surface area (Å²) in [6.45, 7) is 4.86. The Balaban J connectivity index is 1.78. The minimum absolute atomic E-state index is 0.0867. The van der Waals surface area contributed by atoms with Gasteiger partial charge in [0.2, 0.25) is 0 Å². The lowest BCUT2D eigenvalue weighted by Crippen LogP contribution is -2.48. The first kappa shape index (κ1) is 21.3. The minimum atomic E-state index is -0.519. The zero-order valence-corrected chi connectivity index (χ0v) is 16.4. The predicted octanol–water partition coefficient (Wildman–Crippen LogP) is 3.20. The summed E-state index contributed by atoms with van der Waals surface area (Å²) in [7, 11) is 0. The Morgan fingerprint density at radius 3 is 2.14 bits per heavy atom. The average molecular weight is 403 g/mol. The number of carbonyl (C=O) groups excluding carboxylic acids is 2. The maximum atomic E-state index is 12.9. The van der Waals surface area contributed by atoms with Gasteiger partial charge in [0, 0.05) is 11.1 Å². The molecule has 2 aromatic carbocycles. The van der Waals surface area contributed by atoms with E-state index < -0.39 is 17.6 Å². The molecule has 0 heterocycles. The Bertz CT molecular complexity index is 824. The molecule has 0 saturated heterocycles. The summed E-state index contributed by atoms with van der Waals surface area (Å²) in [6, 6.07) is 11.7. The van der Waals surface area contributed by atoms with Crippen LogP contribution in [-0.2, 0) is 0 Å². The van der Waals surface area contributed by atoms with Gasteiger partial charge in [0.1, 0.15) is 11.6 Å². The number of ether oxygens (including phenoxy) is 1. The van der Waals surface area contributed by atoms with E-state index in [1.54, 1.807) is 24.3 Å². The summed E-state index contributed by atoms with van der Waals surface area (Å²) in [6.07, 6.45) is 0.952. The van der Waals surface area contributed by atoms with Gasteiger partial charge >= 0.3 is 0 Å². The Labute approximate surface area is 168 Å². The number of carbonyl (C=O) groups is 2. The van der Waals surface area contributed by atoms with Crippen LogP contribution < -0.4 is 20.9 Å². The van der Waals surface area contributed by atoms with Crippen molar-refractivity contribution < 1.29 is 18.7 Å². The lowest BCUT2D eigenvalue weighted by molar-refractivity contribution is 0.0934. The predicted molar refractivity (Wildman–Crippen MR) is 108 cm³/mol. The average Bonchev–Trinajstić information content (AvgIpc) is 2.67. The number of nitrogens with one attached hydrogen (secondary N) is 3. The maximum absolute atomic E-state index is 12.9. The van der Waals surface area contributed by atoms with Gasteiger partial charge in [-0.2, -0.15) is 0 Å². The van der Waals surface area contributed by atoms with Gasteiger partial charge in [-0.05, 0) is 73.1 Å². The second-order valence-electron chi connectivity index (χ2n) is 6.42. The first-order valence-electron chi connectivity index (χ1n) is 8.75. The monoisotopic (exact) mass is 403 g/mol. The van der Waals surface area contributed by atoms with Crippen molar-refractivity contribution in [1.82, 2.24) is 16.2 Å². The van der Waals surface area contributed by atoms with Crippen LogP contribution in [0, 0.1) is 11.7 Å². The number of thiocarbonyl (C=S) groups is 1. The van der Waals surface area contributed by atoms with E-state index in [4.69, 9.17) is 17.0 Å². The molecule has 2 rings (SSSR count). The molecule has 0 bridgehead atoms. The quantitative estimate of drug-likeness (QED) is 0.510. The van der Waals surface area contributed by atoms with Crippen molar-refractivity contribution in [2.75, 3.05) is 6.61 Å². The van der Waals surface area contributed by atoms with Crippen LogP contribution >= 0.6 is 12.2 Å². The highest BCUT2D eigenvalue weighted by Crippen LogP contribution is 2.13. The molecule has 148 valence electrons. The molecule has 0 aromatic heterocycles. The van der Waals surface area contributed by atoms with Gasteiger partial charge in [0.15, 0.2) is 5.11 Å². The Hall–Kier alpha value is -3.00. The van der Waals surface area contributed by atoms with Gasteiger partial charge in [0.25, 0.3) is 11.8 Å². The van der Waals surface area contributed by atoms with E-state index in [0.29, 0.717) is 23.8 Å². The Morgan fingerprint density at radius 2 is 1.54 bits per heavy atom. The van der Waals surface area contributed by atoms with Gasteiger partial charge < -0.3 is 4.74 Å². The van der Waals surface area contributed by atoms with Crippen LogP contribution in [0.25, 0.3) is 0 Å². The largest absolute Gasteiger partial charge is 0.494 e. The van der Waals surface area contributed by atoms with Gasteiger partial charge in [-0.25, -0.2) is 4.39 Å². The van der Waals surface area contributed by atoms with Crippen molar-refractivity contribution in [3.63, 3.8) is 0 Å². The fourth-order valence-corrected chi connectivity index (χ4v) is 2.25. The molecule has 0 saturated carbocycles. The van der Waals surface area contributed by atoms with Crippen LogP contribution in [0.3, 0.4) is 0 Å². The van der Waals surface area contributed by atoms with Crippen LogP contribution in [0.4, 0.5) is 4.39 Å². The lowest BCUT2D eigenvalue weighted by Gasteiger charge is -2.11. The summed E-state index contributed by atoms with van der Waals surface area (Å²) in [5.41, 5.74) is 5.49. The molecule has 0 aliphatic rings. The zero-order chi connectivity index (χ0) is 20.5. The molecular weight excluding hydrogens is 381 g/mol. The molecule has 3 N–H and O–H groups in total. The van der Waals surface area contributed by atoms with Crippen molar-refractivity contribution in [2.24, 2.45) is 5.92 Å². The highest BCUT2D eigenvalue weighted by Gasteiger charge is 2.10. The highest BCUT2D eigenvalue weighted by molar-refractivity contribution is 7.80. The van der Waals surface area contributed by atoms with Gasteiger partial charge in [0.05, 0.1) is 6.61 Å². The molecular formula is C20H22FN3O3S. The first-order chi connectivity index (χ1) is 13.3. The van der Waals surface area contributed by atoms with Gasteiger partial charge in [-0.15, -0.1) is 0 Å². The Morgan fingerprint density at radius 1 is 0.964 bits per heavy atom. The summed E-state index contributed by atoms with van der Waals surface area (Å²) in [5, 5.41) is 2.30. The summed E-state index contributed by atoms with van der Waals surface area (Å²) in [5.74, 6) is -0.140. The molecule has 2 aromatic rings. The molecule has 0 radical (unpaired) electrons. The first-order valence-corrected chi connectivity index (χ1v) is 9.16. The molecule has 2 amide bonds. The van der Waals surface area contributed by atoms with Crippen LogP contribution in [0.2, 0.25) is 0 Å². The zero-order valence-electron chi connectivity index (χ0n) is 15.6. The summed E-state index contributed by atoms with van der Waals surface area (Å²) in [4.78, 5) is 24.1.